The monoisotopic (exact) mass is 196 g/mol. The number of nitrogens with zero attached hydrogens (tertiary/aromatic N) is 2. The van der Waals surface area contributed by atoms with Crippen LogP contribution in [0.2, 0.25) is 5.15 Å². The zero-order valence-corrected chi connectivity index (χ0v) is 7.91. The van der Waals surface area contributed by atoms with Gasteiger partial charge in [-0.3, -0.25) is 4.40 Å². The summed E-state index contributed by atoms with van der Waals surface area (Å²) in [5, 5.41) is 9.41. The minimum atomic E-state index is -0.125. The molecule has 13 heavy (non-hydrogen) atoms. The Morgan fingerprint density at radius 2 is 2.38 bits per heavy atom. The molecule has 2 aromatic heterocycles. The highest BCUT2D eigenvalue weighted by Crippen LogP contribution is 2.18. The first-order chi connectivity index (χ1) is 6.22. The molecule has 1 N–H and O–H groups in total. The van der Waals surface area contributed by atoms with Gasteiger partial charge in [0.15, 0.2) is 0 Å². The quantitative estimate of drug-likeness (QED) is 0.755. The first-order valence-electron chi connectivity index (χ1n) is 3.96. The molecular weight excluding hydrogens is 188 g/mol. The van der Waals surface area contributed by atoms with Crippen LogP contribution in [-0.2, 0) is 6.61 Å². The molecule has 0 atom stereocenters. The molecule has 0 fully saturated rings. The Labute approximate surface area is 80.6 Å². The zero-order chi connectivity index (χ0) is 9.42. The van der Waals surface area contributed by atoms with Gasteiger partial charge in [0.2, 0.25) is 0 Å². The maximum atomic E-state index is 8.93. The predicted molar refractivity (Wildman–Crippen MR) is 50.9 cm³/mol. The zero-order valence-electron chi connectivity index (χ0n) is 7.16. The smallest absolute Gasteiger partial charge is 0.138 e. The lowest BCUT2D eigenvalue weighted by Crippen LogP contribution is -1.84. The van der Waals surface area contributed by atoms with Gasteiger partial charge in [-0.05, 0) is 24.6 Å². The van der Waals surface area contributed by atoms with Gasteiger partial charge in [0.25, 0.3) is 0 Å². The number of hydrogen-bond donors (Lipinski definition) is 1. The topological polar surface area (TPSA) is 37.5 Å². The van der Waals surface area contributed by atoms with E-state index in [1.165, 1.54) is 0 Å². The number of pyridine rings is 1. The number of aromatic nitrogens is 2. The van der Waals surface area contributed by atoms with Crippen LogP contribution >= 0.6 is 11.6 Å². The highest BCUT2D eigenvalue weighted by atomic mass is 35.5. The highest BCUT2D eigenvalue weighted by molar-refractivity contribution is 6.30. The van der Waals surface area contributed by atoms with Crippen LogP contribution < -0.4 is 0 Å². The summed E-state index contributed by atoms with van der Waals surface area (Å²) < 4.78 is 1.75. The van der Waals surface area contributed by atoms with Crippen molar-refractivity contribution in [3.8, 4) is 0 Å². The van der Waals surface area contributed by atoms with Gasteiger partial charge in [-0.25, -0.2) is 4.98 Å². The van der Waals surface area contributed by atoms with Crippen LogP contribution in [0, 0.1) is 6.92 Å². The van der Waals surface area contributed by atoms with Crippen LogP contribution in [-0.4, -0.2) is 14.5 Å². The van der Waals surface area contributed by atoms with Gasteiger partial charge in [-0.15, -0.1) is 0 Å². The average Bonchev–Trinajstić information content (AvgIpc) is 2.42. The average molecular weight is 197 g/mol. The number of aliphatic hydroxyl groups is 1. The van der Waals surface area contributed by atoms with Crippen molar-refractivity contribution >= 4 is 17.2 Å². The van der Waals surface area contributed by atoms with Crippen LogP contribution in [0.3, 0.4) is 0 Å². The van der Waals surface area contributed by atoms with E-state index in [-0.39, 0.29) is 6.61 Å². The summed E-state index contributed by atoms with van der Waals surface area (Å²) in [7, 11) is 0. The molecule has 0 aliphatic heterocycles. The van der Waals surface area contributed by atoms with E-state index in [1.54, 1.807) is 4.40 Å². The summed E-state index contributed by atoms with van der Waals surface area (Å²) in [5.41, 5.74) is 2.42. The van der Waals surface area contributed by atoms with Crippen molar-refractivity contribution in [2.45, 2.75) is 13.5 Å². The summed E-state index contributed by atoms with van der Waals surface area (Å²) in [6.07, 6.45) is 1.85. The Morgan fingerprint density at radius 1 is 1.62 bits per heavy atom. The first-order valence-corrected chi connectivity index (χ1v) is 4.34. The third kappa shape index (κ3) is 1.30. The van der Waals surface area contributed by atoms with Crippen molar-refractivity contribution in [2.24, 2.45) is 0 Å². The van der Waals surface area contributed by atoms with E-state index >= 15 is 0 Å². The number of fused-ring (bicyclic) bond motifs is 1. The Kier molecular flexibility index (Phi) is 1.98. The van der Waals surface area contributed by atoms with Gasteiger partial charge in [0.05, 0.1) is 6.61 Å². The van der Waals surface area contributed by atoms with Crippen molar-refractivity contribution in [1.82, 2.24) is 9.38 Å². The number of rotatable bonds is 1. The van der Waals surface area contributed by atoms with Crippen LogP contribution in [0.25, 0.3) is 5.65 Å². The largest absolute Gasteiger partial charge is 0.390 e. The molecule has 0 bridgehead atoms. The summed E-state index contributed by atoms with van der Waals surface area (Å²) in [6.45, 7) is 1.86. The Bertz CT molecular complexity index is 450. The molecule has 0 amide bonds. The molecule has 0 radical (unpaired) electrons. The predicted octanol–water partition coefficient (Wildman–Crippen LogP) is 1.79. The number of imidazole rings is 1. The fraction of sp³-hybridized carbons (Fsp3) is 0.222. The Hall–Kier alpha value is -1.06. The molecule has 0 aliphatic rings. The van der Waals surface area contributed by atoms with E-state index in [9.17, 15) is 0 Å². The van der Waals surface area contributed by atoms with Crippen molar-refractivity contribution in [3.05, 3.63) is 34.7 Å². The second-order valence-electron chi connectivity index (χ2n) is 2.94. The minimum absolute atomic E-state index is 0.125. The van der Waals surface area contributed by atoms with E-state index in [0.29, 0.717) is 10.8 Å². The first kappa shape index (κ1) is 8.53. The molecule has 4 heteroatoms. The van der Waals surface area contributed by atoms with Crippen LogP contribution in [0.15, 0.2) is 18.3 Å². The maximum absolute atomic E-state index is 8.93. The lowest BCUT2D eigenvalue weighted by atomic mass is 10.3. The fourth-order valence-electron chi connectivity index (χ4n) is 1.27. The summed E-state index contributed by atoms with van der Waals surface area (Å²) in [5.74, 6) is 0. The van der Waals surface area contributed by atoms with Gasteiger partial charge in [-0.1, -0.05) is 11.6 Å². The molecule has 2 rings (SSSR count). The molecule has 68 valence electrons. The van der Waals surface area contributed by atoms with Crippen molar-refractivity contribution in [2.75, 3.05) is 0 Å². The molecular formula is C9H9ClN2O. The molecule has 2 heterocycles. The van der Waals surface area contributed by atoms with Crippen LogP contribution in [0.4, 0.5) is 0 Å². The van der Waals surface area contributed by atoms with Crippen molar-refractivity contribution < 1.29 is 5.11 Å². The van der Waals surface area contributed by atoms with E-state index in [0.717, 1.165) is 11.2 Å². The summed E-state index contributed by atoms with van der Waals surface area (Å²) >= 11 is 5.95. The van der Waals surface area contributed by atoms with E-state index in [1.807, 2.05) is 25.3 Å². The standard InChI is InChI=1S/C9H9ClN2O/c1-6-2-3-12-8(4-6)11-7(5-13)9(12)10/h2-4,13H,5H2,1H3. The number of aryl methyl sites for hydroxylation is 1. The Morgan fingerprint density at radius 3 is 3.08 bits per heavy atom. The van der Waals surface area contributed by atoms with Gasteiger partial charge >= 0.3 is 0 Å². The highest BCUT2D eigenvalue weighted by Gasteiger charge is 2.07. The van der Waals surface area contributed by atoms with Gasteiger partial charge in [0.1, 0.15) is 16.5 Å². The van der Waals surface area contributed by atoms with Gasteiger partial charge in [0, 0.05) is 6.20 Å². The third-order valence-corrected chi connectivity index (χ3v) is 2.34. The third-order valence-electron chi connectivity index (χ3n) is 1.94. The van der Waals surface area contributed by atoms with Gasteiger partial charge in [-0.2, -0.15) is 0 Å². The lowest BCUT2D eigenvalue weighted by molar-refractivity contribution is 0.277. The van der Waals surface area contributed by atoms with Crippen LogP contribution in [0.5, 0.6) is 0 Å². The number of halogens is 1. The van der Waals surface area contributed by atoms with E-state index in [4.69, 9.17) is 16.7 Å². The number of hydrogen-bond acceptors (Lipinski definition) is 2. The van der Waals surface area contributed by atoms with E-state index in [2.05, 4.69) is 4.98 Å². The Balaban J connectivity index is 2.76. The maximum Gasteiger partial charge on any atom is 0.138 e. The molecule has 0 saturated carbocycles. The lowest BCUT2D eigenvalue weighted by Gasteiger charge is -1.95. The summed E-state index contributed by atoms with van der Waals surface area (Å²) in [6, 6.07) is 3.87. The second kappa shape index (κ2) is 3.01. The minimum Gasteiger partial charge on any atom is -0.390 e. The fourth-order valence-corrected chi connectivity index (χ4v) is 1.51. The van der Waals surface area contributed by atoms with E-state index < -0.39 is 0 Å². The molecule has 0 spiro atoms. The molecule has 0 aliphatic carbocycles. The normalized spacial score (nSPS) is 11.0. The molecule has 0 saturated heterocycles. The van der Waals surface area contributed by atoms with Crippen molar-refractivity contribution in [3.63, 3.8) is 0 Å². The molecule has 0 unspecified atom stereocenters. The molecule has 2 aromatic rings. The molecule has 0 aromatic carbocycles. The van der Waals surface area contributed by atoms with Crippen LogP contribution in [0.1, 0.15) is 11.3 Å². The van der Waals surface area contributed by atoms with Crippen molar-refractivity contribution in [1.29, 1.82) is 0 Å². The SMILES string of the molecule is Cc1ccn2c(Cl)c(CO)nc2c1. The number of aliphatic hydroxyl groups excluding tert-OH is 1. The summed E-state index contributed by atoms with van der Waals surface area (Å²) in [4.78, 5) is 4.17. The second-order valence-corrected chi connectivity index (χ2v) is 3.30. The molecule has 3 nitrogen and oxygen atoms in total. The van der Waals surface area contributed by atoms with Gasteiger partial charge < -0.3 is 5.11 Å².